The molecule has 0 spiro atoms. The van der Waals surface area contributed by atoms with Crippen LogP contribution in [0.25, 0.3) is 0 Å². The standard InChI is InChI=1S/C22H23N3O8/c1-3-32-18-7-5-4-6-16(18)23-20(26)13-33-22(28)14-10-21(27)24(12-14)17-9-8-15(25(29)30)11-19(17)31-2/h4-9,11,14H,3,10,12-13H2,1-2H3,(H,23,26)/t14-/m1/s1. The number of nitro groups is 1. The molecule has 0 unspecified atom stereocenters. The third-order valence-corrected chi connectivity index (χ3v) is 4.93. The predicted molar refractivity (Wildman–Crippen MR) is 117 cm³/mol. The van der Waals surface area contributed by atoms with Crippen LogP contribution >= 0.6 is 0 Å². The number of methoxy groups -OCH3 is 1. The van der Waals surface area contributed by atoms with Gasteiger partial charge in [-0.25, -0.2) is 0 Å². The summed E-state index contributed by atoms with van der Waals surface area (Å²) in [5, 5.41) is 13.6. The highest BCUT2D eigenvalue weighted by Crippen LogP contribution is 2.36. The zero-order valence-corrected chi connectivity index (χ0v) is 18.1. The Labute approximate surface area is 189 Å². The highest BCUT2D eigenvalue weighted by Gasteiger charge is 2.37. The van der Waals surface area contributed by atoms with Crippen LogP contribution in [0.2, 0.25) is 0 Å². The first-order valence-corrected chi connectivity index (χ1v) is 10.1. The van der Waals surface area contributed by atoms with Gasteiger partial charge in [0.1, 0.15) is 11.5 Å². The summed E-state index contributed by atoms with van der Waals surface area (Å²) in [4.78, 5) is 48.9. The van der Waals surface area contributed by atoms with Gasteiger partial charge in [-0.05, 0) is 25.1 Å². The first kappa shape index (κ1) is 23.5. The maximum absolute atomic E-state index is 12.5. The van der Waals surface area contributed by atoms with Crippen molar-refractivity contribution in [3.05, 3.63) is 52.6 Å². The van der Waals surface area contributed by atoms with Crippen molar-refractivity contribution in [1.82, 2.24) is 0 Å². The Morgan fingerprint density at radius 3 is 2.67 bits per heavy atom. The smallest absolute Gasteiger partial charge is 0.311 e. The molecule has 11 heteroatoms. The number of amides is 2. The molecular formula is C22H23N3O8. The van der Waals surface area contributed by atoms with E-state index in [0.717, 1.165) is 0 Å². The van der Waals surface area contributed by atoms with Crippen LogP contribution in [0.3, 0.4) is 0 Å². The van der Waals surface area contributed by atoms with Crippen LogP contribution < -0.4 is 19.7 Å². The number of hydrogen-bond acceptors (Lipinski definition) is 8. The number of non-ortho nitro benzene ring substituents is 1. The first-order chi connectivity index (χ1) is 15.8. The van der Waals surface area contributed by atoms with Crippen molar-refractivity contribution in [1.29, 1.82) is 0 Å². The van der Waals surface area contributed by atoms with Crippen molar-refractivity contribution in [3.63, 3.8) is 0 Å². The van der Waals surface area contributed by atoms with Gasteiger partial charge in [0, 0.05) is 19.0 Å². The number of carbonyl (C=O) groups is 3. The zero-order chi connectivity index (χ0) is 24.0. The molecule has 1 heterocycles. The minimum Gasteiger partial charge on any atom is -0.494 e. The molecule has 1 aliphatic heterocycles. The van der Waals surface area contributed by atoms with Crippen LogP contribution in [0.4, 0.5) is 17.1 Å². The van der Waals surface area contributed by atoms with Crippen LogP contribution in [0, 0.1) is 16.0 Å². The fourth-order valence-corrected chi connectivity index (χ4v) is 3.39. The summed E-state index contributed by atoms with van der Waals surface area (Å²) in [5.74, 6) is -1.76. The minimum atomic E-state index is -0.791. The Morgan fingerprint density at radius 1 is 1.21 bits per heavy atom. The summed E-state index contributed by atoms with van der Waals surface area (Å²) in [6, 6.07) is 10.7. The zero-order valence-electron chi connectivity index (χ0n) is 18.1. The molecule has 174 valence electrons. The summed E-state index contributed by atoms with van der Waals surface area (Å²) in [7, 11) is 1.33. The number of nitrogens with one attached hydrogen (secondary N) is 1. The lowest BCUT2D eigenvalue weighted by Crippen LogP contribution is -2.28. The Bertz CT molecular complexity index is 1070. The number of carbonyl (C=O) groups excluding carboxylic acids is 3. The number of rotatable bonds is 9. The van der Waals surface area contributed by atoms with E-state index in [9.17, 15) is 24.5 Å². The maximum atomic E-state index is 12.5. The van der Waals surface area contributed by atoms with Gasteiger partial charge in [-0.1, -0.05) is 12.1 Å². The van der Waals surface area contributed by atoms with Gasteiger partial charge in [0.25, 0.3) is 11.6 Å². The van der Waals surface area contributed by atoms with Gasteiger partial charge in [-0.2, -0.15) is 0 Å². The molecule has 0 aliphatic carbocycles. The third kappa shape index (κ3) is 5.56. The van der Waals surface area contributed by atoms with E-state index in [1.165, 1.54) is 30.2 Å². The van der Waals surface area contributed by atoms with Crippen LogP contribution in [0.15, 0.2) is 42.5 Å². The molecule has 2 aromatic rings. The summed E-state index contributed by atoms with van der Waals surface area (Å²) < 4.78 is 15.7. The van der Waals surface area contributed by atoms with E-state index >= 15 is 0 Å². The number of para-hydroxylation sites is 2. The second kappa shape index (κ2) is 10.4. The van der Waals surface area contributed by atoms with Crippen LogP contribution in [-0.4, -0.2) is 49.6 Å². The van der Waals surface area contributed by atoms with E-state index in [2.05, 4.69) is 5.32 Å². The lowest BCUT2D eigenvalue weighted by atomic mass is 10.1. The topological polar surface area (TPSA) is 137 Å². The molecular weight excluding hydrogens is 434 g/mol. The average molecular weight is 457 g/mol. The molecule has 1 fully saturated rings. The normalized spacial score (nSPS) is 15.2. The number of anilines is 2. The van der Waals surface area contributed by atoms with Gasteiger partial charge in [0.05, 0.1) is 42.0 Å². The number of nitrogens with zero attached hydrogens (tertiary/aromatic N) is 2. The van der Waals surface area contributed by atoms with Crippen LogP contribution in [0.5, 0.6) is 11.5 Å². The molecule has 1 N–H and O–H groups in total. The quantitative estimate of drug-likeness (QED) is 0.344. The fraction of sp³-hybridized carbons (Fsp3) is 0.318. The lowest BCUT2D eigenvalue weighted by molar-refractivity contribution is -0.384. The minimum absolute atomic E-state index is 0.000625. The van der Waals surface area contributed by atoms with E-state index in [4.69, 9.17) is 14.2 Å². The maximum Gasteiger partial charge on any atom is 0.311 e. The van der Waals surface area contributed by atoms with E-state index < -0.39 is 29.3 Å². The summed E-state index contributed by atoms with van der Waals surface area (Å²) in [6.07, 6.45) is -0.117. The number of ether oxygens (including phenoxy) is 3. The molecule has 2 aromatic carbocycles. The van der Waals surface area contributed by atoms with Gasteiger partial charge in [0.2, 0.25) is 5.91 Å². The Hall–Kier alpha value is -4.15. The van der Waals surface area contributed by atoms with Gasteiger partial charge in [0.15, 0.2) is 6.61 Å². The molecule has 0 aromatic heterocycles. The van der Waals surface area contributed by atoms with Crippen molar-refractivity contribution in [2.45, 2.75) is 13.3 Å². The van der Waals surface area contributed by atoms with Crippen molar-refractivity contribution in [3.8, 4) is 11.5 Å². The van der Waals surface area contributed by atoms with Crippen molar-refractivity contribution < 1.29 is 33.5 Å². The summed E-state index contributed by atoms with van der Waals surface area (Å²) >= 11 is 0. The molecule has 11 nitrogen and oxygen atoms in total. The Balaban J connectivity index is 1.60. The van der Waals surface area contributed by atoms with Gasteiger partial charge < -0.3 is 24.4 Å². The first-order valence-electron chi connectivity index (χ1n) is 10.1. The van der Waals surface area contributed by atoms with Crippen molar-refractivity contribution >= 4 is 34.8 Å². The number of hydrogen-bond donors (Lipinski definition) is 1. The largest absolute Gasteiger partial charge is 0.494 e. The molecule has 1 aliphatic rings. The van der Waals surface area contributed by atoms with Gasteiger partial charge >= 0.3 is 5.97 Å². The SMILES string of the molecule is CCOc1ccccc1NC(=O)COC(=O)[C@@H]1CC(=O)N(c2ccc([N+](=O)[O-])cc2OC)C1. The second-order valence-corrected chi connectivity index (χ2v) is 7.10. The van der Waals surface area contributed by atoms with E-state index in [-0.39, 0.29) is 30.3 Å². The van der Waals surface area contributed by atoms with Crippen molar-refractivity contribution in [2.75, 3.05) is 37.1 Å². The molecule has 1 atom stereocenters. The molecule has 3 rings (SSSR count). The Kier molecular flexibility index (Phi) is 7.44. The van der Waals surface area contributed by atoms with E-state index in [1.54, 1.807) is 24.3 Å². The van der Waals surface area contributed by atoms with Crippen LogP contribution in [-0.2, 0) is 19.1 Å². The van der Waals surface area contributed by atoms with E-state index in [1.807, 2.05) is 6.92 Å². The average Bonchev–Trinajstić information content (AvgIpc) is 3.19. The molecule has 1 saturated heterocycles. The lowest BCUT2D eigenvalue weighted by Gasteiger charge is -2.19. The highest BCUT2D eigenvalue weighted by molar-refractivity contribution is 6.01. The van der Waals surface area contributed by atoms with Crippen LogP contribution in [0.1, 0.15) is 13.3 Å². The highest BCUT2D eigenvalue weighted by atomic mass is 16.6. The number of esters is 1. The summed E-state index contributed by atoms with van der Waals surface area (Å²) in [5.41, 5.74) is 0.580. The van der Waals surface area contributed by atoms with E-state index in [0.29, 0.717) is 23.7 Å². The molecule has 0 bridgehead atoms. The second-order valence-electron chi connectivity index (χ2n) is 7.10. The Morgan fingerprint density at radius 2 is 1.97 bits per heavy atom. The predicted octanol–water partition coefficient (Wildman–Crippen LogP) is 2.54. The van der Waals surface area contributed by atoms with Gasteiger partial charge in [-0.15, -0.1) is 0 Å². The van der Waals surface area contributed by atoms with Gasteiger partial charge in [-0.3, -0.25) is 24.5 Å². The monoisotopic (exact) mass is 457 g/mol. The molecule has 0 saturated carbocycles. The number of benzene rings is 2. The van der Waals surface area contributed by atoms with Crippen molar-refractivity contribution in [2.24, 2.45) is 5.92 Å². The molecule has 2 amide bonds. The fourth-order valence-electron chi connectivity index (χ4n) is 3.39. The molecule has 33 heavy (non-hydrogen) atoms. The molecule has 0 radical (unpaired) electrons. The number of nitro benzene ring substituents is 1. The third-order valence-electron chi connectivity index (χ3n) is 4.93. The summed E-state index contributed by atoms with van der Waals surface area (Å²) in [6.45, 7) is 1.72.